The first-order valence-corrected chi connectivity index (χ1v) is 13.5. The first-order chi connectivity index (χ1) is 17.9. The molecule has 1 aliphatic heterocycles. The molecular weight excluding hydrogens is 522 g/mol. The molecule has 3 atom stereocenters. The van der Waals surface area contributed by atoms with Gasteiger partial charge in [0.2, 0.25) is 5.88 Å². The Morgan fingerprint density at radius 2 is 1.84 bits per heavy atom. The molecule has 1 saturated heterocycles. The van der Waals surface area contributed by atoms with Crippen molar-refractivity contribution in [2.45, 2.75) is 103 Å². The van der Waals surface area contributed by atoms with Gasteiger partial charge in [-0.05, 0) is 74.3 Å². The van der Waals surface area contributed by atoms with E-state index in [4.69, 9.17) is 22.1 Å². The number of alkyl halides is 3. The Labute approximate surface area is 226 Å². The van der Waals surface area contributed by atoms with E-state index in [0.29, 0.717) is 25.3 Å². The van der Waals surface area contributed by atoms with Crippen LogP contribution in [-0.4, -0.2) is 34.0 Å². The summed E-state index contributed by atoms with van der Waals surface area (Å²) in [6.45, 7) is 8.87. The van der Waals surface area contributed by atoms with Crippen molar-refractivity contribution in [1.29, 1.82) is 0 Å². The first-order valence-electron chi connectivity index (χ1n) is 13.2. The summed E-state index contributed by atoms with van der Waals surface area (Å²) >= 11 is 6.03. The number of carbonyl (C=O) groups is 1. The number of hydrogen-bond donors (Lipinski definition) is 1. The minimum Gasteiger partial charge on any atom is -0.473 e. The van der Waals surface area contributed by atoms with Crippen LogP contribution >= 0.6 is 11.6 Å². The number of benzene rings is 1. The zero-order chi connectivity index (χ0) is 28.2. The van der Waals surface area contributed by atoms with E-state index in [1.807, 2.05) is 6.92 Å². The molecule has 0 spiro atoms. The average Bonchev–Trinajstić information content (AvgIpc) is 3.67. The van der Waals surface area contributed by atoms with Crippen LogP contribution in [0.1, 0.15) is 99.2 Å². The molecule has 0 radical (unpaired) electrons. The van der Waals surface area contributed by atoms with Gasteiger partial charge in [-0.15, -0.1) is 0 Å². The number of halogens is 5. The Hall–Kier alpha value is -2.39. The normalized spacial score (nSPS) is 22.0. The number of pyridine rings is 1. The van der Waals surface area contributed by atoms with Crippen LogP contribution in [0.25, 0.3) is 0 Å². The summed E-state index contributed by atoms with van der Waals surface area (Å²) in [6.07, 6.45) is 1.21. The molecule has 4 rings (SSSR count). The smallest absolute Gasteiger partial charge is 0.417 e. The number of carbonyl (C=O) groups excluding carboxylic acids is 1. The average molecular weight is 558 g/mol. The number of amides is 1. The Morgan fingerprint density at radius 3 is 2.37 bits per heavy atom. The van der Waals surface area contributed by atoms with Crippen molar-refractivity contribution in [1.82, 2.24) is 9.88 Å². The Balaban J connectivity index is 0.00000127. The molecule has 2 fully saturated rings. The Bertz CT molecular complexity index is 1120. The van der Waals surface area contributed by atoms with Gasteiger partial charge in [0.1, 0.15) is 16.9 Å². The topological polar surface area (TPSA) is 68.4 Å². The van der Waals surface area contributed by atoms with Crippen LogP contribution in [0, 0.1) is 5.82 Å². The lowest BCUT2D eigenvalue weighted by atomic mass is 9.90. The molecule has 210 valence electrons. The van der Waals surface area contributed by atoms with E-state index in [9.17, 15) is 22.4 Å². The van der Waals surface area contributed by atoms with Gasteiger partial charge in [0.25, 0.3) is 5.91 Å². The second-order valence-corrected chi connectivity index (χ2v) is 10.6. The van der Waals surface area contributed by atoms with Crippen LogP contribution in [0.5, 0.6) is 5.88 Å². The maximum atomic E-state index is 14.6. The molecule has 2 N–H and O–H groups in total. The lowest BCUT2D eigenvalue weighted by Crippen LogP contribution is -2.50. The summed E-state index contributed by atoms with van der Waals surface area (Å²) in [4.78, 5) is 17.7. The van der Waals surface area contributed by atoms with Crippen LogP contribution in [0.4, 0.5) is 17.6 Å². The fraction of sp³-hybridized carbons (Fsp3) is 0.571. The third-order valence-electron chi connectivity index (χ3n) is 6.92. The Kier molecular flexibility index (Phi) is 10.0. The number of hydrogen-bond acceptors (Lipinski definition) is 4. The predicted molar refractivity (Wildman–Crippen MR) is 140 cm³/mol. The molecule has 1 aromatic heterocycles. The molecular formula is C28H36ClF4N3O2. The number of rotatable bonds is 7. The number of ether oxygens (including phenoxy) is 1. The molecule has 10 heteroatoms. The van der Waals surface area contributed by atoms with Gasteiger partial charge in [0, 0.05) is 24.8 Å². The van der Waals surface area contributed by atoms with Gasteiger partial charge in [-0.2, -0.15) is 13.2 Å². The summed E-state index contributed by atoms with van der Waals surface area (Å²) in [6, 6.07) is 4.01. The number of primary amides is 1. The van der Waals surface area contributed by atoms with E-state index >= 15 is 0 Å². The van der Waals surface area contributed by atoms with E-state index < -0.39 is 23.5 Å². The van der Waals surface area contributed by atoms with Gasteiger partial charge in [0.15, 0.2) is 0 Å². The van der Waals surface area contributed by atoms with E-state index in [1.165, 1.54) is 12.5 Å². The van der Waals surface area contributed by atoms with Crippen molar-refractivity contribution >= 4 is 17.5 Å². The number of aromatic nitrogens is 1. The predicted octanol–water partition coefficient (Wildman–Crippen LogP) is 7.50. The van der Waals surface area contributed by atoms with Gasteiger partial charge in [-0.3, -0.25) is 9.69 Å². The molecule has 1 aliphatic carbocycles. The number of piperidine rings is 1. The van der Waals surface area contributed by atoms with Crippen LogP contribution < -0.4 is 10.5 Å². The molecule has 1 saturated carbocycles. The summed E-state index contributed by atoms with van der Waals surface area (Å²) in [5.41, 5.74) is 6.17. The summed E-state index contributed by atoms with van der Waals surface area (Å²) in [7, 11) is 0. The highest BCUT2D eigenvalue weighted by molar-refractivity contribution is 6.31. The molecule has 1 aromatic carbocycles. The van der Waals surface area contributed by atoms with Crippen LogP contribution in [0.2, 0.25) is 5.02 Å². The molecule has 5 nitrogen and oxygen atoms in total. The second-order valence-electron chi connectivity index (χ2n) is 10.2. The zero-order valence-corrected chi connectivity index (χ0v) is 23.0. The molecule has 2 heterocycles. The summed E-state index contributed by atoms with van der Waals surface area (Å²) in [5, 5.41) is -0.179. The van der Waals surface area contributed by atoms with Gasteiger partial charge < -0.3 is 10.5 Å². The van der Waals surface area contributed by atoms with Crippen LogP contribution in [0.3, 0.4) is 0 Å². The second kappa shape index (κ2) is 12.6. The largest absolute Gasteiger partial charge is 0.473 e. The number of nitrogens with two attached hydrogens (primary N) is 1. The number of likely N-dealkylation sites (tertiary alicyclic amines) is 1. The Morgan fingerprint density at radius 1 is 1.18 bits per heavy atom. The third kappa shape index (κ3) is 7.38. The third-order valence-corrected chi connectivity index (χ3v) is 7.19. The van der Waals surface area contributed by atoms with Crippen molar-refractivity contribution in [3.8, 4) is 5.88 Å². The van der Waals surface area contributed by atoms with E-state index in [-0.39, 0.29) is 34.7 Å². The van der Waals surface area contributed by atoms with Gasteiger partial charge >= 0.3 is 6.18 Å². The summed E-state index contributed by atoms with van der Waals surface area (Å²) in [5.74, 6) is -1.09. The van der Waals surface area contributed by atoms with Crippen molar-refractivity contribution in [2.24, 2.45) is 5.73 Å². The van der Waals surface area contributed by atoms with Gasteiger partial charge in [0.05, 0.1) is 11.1 Å². The van der Waals surface area contributed by atoms with E-state index in [2.05, 4.69) is 30.7 Å². The monoisotopic (exact) mass is 557 g/mol. The molecule has 2 aromatic rings. The standard InChI is InChI=1S/C25H28ClF4N3O2.C3H8/c1-3-17-9-18(35-24-21(26)8-16(11-32-24)25(28,29)30)6-13(2)33(17)12-15-7-22(27)20(23(31)34)10-19(15)14-4-5-14;1-3-2/h7-8,10-11,13-14,17-18H,3-6,9,12H2,1-2H3,(H2,31,34);3H2,1-2H3/t13-,17+,18+;/m1./s1. The van der Waals surface area contributed by atoms with Crippen LogP contribution in [0.15, 0.2) is 24.4 Å². The first kappa shape index (κ1) is 30.2. The highest BCUT2D eigenvalue weighted by atomic mass is 35.5. The maximum Gasteiger partial charge on any atom is 0.417 e. The molecule has 2 aliphatic rings. The SMILES string of the molecule is CCC.CC[C@H]1C[C@@H](Oc2ncc(C(F)(F)F)cc2Cl)C[C@@H](C)N1Cc1cc(F)c(C(N)=O)cc1C1CC1. The van der Waals surface area contributed by atoms with E-state index in [1.54, 1.807) is 6.07 Å². The quantitative estimate of drug-likeness (QED) is 0.358. The van der Waals surface area contributed by atoms with Gasteiger partial charge in [-0.25, -0.2) is 9.37 Å². The molecule has 38 heavy (non-hydrogen) atoms. The molecule has 0 unspecified atom stereocenters. The van der Waals surface area contributed by atoms with Gasteiger partial charge in [-0.1, -0.05) is 38.8 Å². The minimum atomic E-state index is -4.53. The fourth-order valence-electron chi connectivity index (χ4n) is 4.95. The van der Waals surface area contributed by atoms with Crippen molar-refractivity contribution in [2.75, 3.05) is 0 Å². The fourth-order valence-corrected chi connectivity index (χ4v) is 5.16. The highest BCUT2D eigenvalue weighted by Gasteiger charge is 2.37. The zero-order valence-electron chi connectivity index (χ0n) is 22.2. The van der Waals surface area contributed by atoms with Crippen LogP contribution in [-0.2, 0) is 12.7 Å². The maximum absolute atomic E-state index is 14.6. The molecule has 0 bridgehead atoms. The van der Waals surface area contributed by atoms with Crippen molar-refractivity contribution < 1.29 is 27.1 Å². The highest BCUT2D eigenvalue weighted by Crippen LogP contribution is 2.43. The minimum absolute atomic E-state index is 0.0136. The lowest BCUT2D eigenvalue weighted by molar-refractivity contribution is -0.137. The van der Waals surface area contributed by atoms with E-state index in [0.717, 1.165) is 42.7 Å². The van der Waals surface area contributed by atoms with Crippen molar-refractivity contribution in [3.63, 3.8) is 0 Å². The molecule has 1 amide bonds. The number of nitrogens with zero attached hydrogens (tertiary/aromatic N) is 2. The lowest BCUT2D eigenvalue weighted by Gasteiger charge is -2.44. The van der Waals surface area contributed by atoms with Crippen molar-refractivity contribution in [3.05, 3.63) is 57.5 Å². The summed E-state index contributed by atoms with van der Waals surface area (Å²) < 4.78 is 59.3.